The van der Waals surface area contributed by atoms with Crippen LogP contribution in [0.4, 0.5) is 11.5 Å². The lowest BCUT2D eigenvalue weighted by Gasteiger charge is -2.24. The van der Waals surface area contributed by atoms with Crippen molar-refractivity contribution in [3.63, 3.8) is 0 Å². The number of aromatic nitrogens is 2. The van der Waals surface area contributed by atoms with Crippen molar-refractivity contribution in [3.8, 4) is 22.6 Å². The molecule has 32 heavy (non-hydrogen) atoms. The fourth-order valence-corrected chi connectivity index (χ4v) is 4.70. The van der Waals surface area contributed by atoms with Crippen LogP contribution in [0.5, 0.6) is 0 Å². The Labute approximate surface area is 192 Å². The predicted octanol–water partition coefficient (Wildman–Crippen LogP) is 7.71. The van der Waals surface area contributed by atoms with E-state index in [2.05, 4.69) is 117 Å². The number of benzene rings is 3. The molecule has 0 aliphatic rings. The van der Waals surface area contributed by atoms with Gasteiger partial charge in [-0.25, -0.2) is 4.98 Å². The minimum absolute atomic E-state index is 0.942. The molecule has 1 aromatic heterocycles. The molecule has 0 aliphatic heterocycles. The third-order valence-corrected chi connectivity index (χ3v) is 6.05. The summed E-state index contributed by atoms with van der Waals surface area (Å²) in [6, 6.07) is 25.8. The summed E-state index contributed by atoms with van der Waals surface area (Å²) in [6.45, 7) is 9.73. The smallest absolute Gasteiger partial charge is 0.159 e. The van der Waals surface area contributed by atoms with Crippen LogP contribution in [0.1, 0.15) is 36.5 Å². The van der Waals surface area contributed by atoms with Gasteiger partial charge in [0.2, 0.25) is 0 Å². The Bertz CT molecular complexity index is 1170. The molecule has 1 heterocycles. The third kappa shape index (κ3) is 4.20. The minimum atomic E-state index is 0.942. The second kappa shape index (κ2) is 9.44. The molecule has 0 saturated heterocycles. The number of aryl methyl sites for hydroxylation is 3. The molecular formula is C29H33N3. The van der Waals surface area contributed by atoms with Gasteiger partial charge < -0.3 is 9.47 Å². The number of hydrogen-bond donors (Lipinski definition) is 0. The third-order valence-electron chi connectivity index (χ3n) is 6.05. The van der Waals surface area contributed by atoms with Crippen LogP contribution in [-0.2, 0) is 6.54 Å². The van der Waals surface area contributed by atoms with E-state index >= 15 is 0 Å². The monoisotopic (exact) mass is 423 g/mol. The van der Waals surface area contributed by atoms with Crippen LogP contribution in [0.3, 0.4) is 0 Å². The van der Waals surface area contributed by atoms with Gasteiger partial charge in [-0.3, -0.25) is 0 Å². The largest absolute Gasteiger partial charge is 0.327 e. The van der Waals surface area contributed by atoms with Gasteiger partial charge in [0.25, 0.3) is 0 Å². The molecule has 0 atom stereocenters. The lowest BCUT2D eigenvalue weighted by Crippen LogP contribution is -2.14. The summed E-state index contributed by atoms with van der Waals surface area (Å²) in [7, 11) is 2.15. The molecule has 164 valence electrons. The first-order valence-corrected chi connectivity index (χ1v) is 11.5. The topological polar surface area (TPSA) is 21.1 Å². The summed E-state index contributed by atoms with van der Waals surface area (Å²) in [6.07, 6.45) is 2.25. The Hall–Kier alpha value is -3.33. The summed E-state index contributed by atoms with van der Waals surface area (Å²) < 4.78 is 2.42. The summed E-state index contributed by atoms with van der Waals surface area (Å²) in [5.41, 5.74) is 8.59. The van der Waals surface area contributed by atoms with Gasteiger partial charge in [0.1, 0.15) is 5.82 Å². The first-order chi connectivity index (χ1) is 15.5. The van der Waals surface area contributed by atoms with Crippen LogP contribution in [0.15, 0.2) is 72.8 Å². The number of unbranched alkanes of at least 4 members (excludes halogenated alkanes) is 1. The second-order valence-electron chi connectivity index (χ2n) is 8.65. The van der Waals surface area contributed by atoms with E-state index in [1.54, 1.807) is 0 Å². The quantitative estimate of drug-likeness (QED) is 0.303. The van der Waals surface area contributed by atoms with Gasteiger partial charge in [0.05, 0.1) is 5.69 Å². The van der Waals surface area contributed by atoms with Crippen LogP contribution in [0, 0.1) is 20.8 Å². The fraction of sp³-hybridized carbons (Fsp3) is 0.276. The molecule has 0 N–H and O–H groups in total. The standard InChI is InChI=1S/C29H33N3/c1-6-7-18-32-27(24-14-10-8-11-15-24)29(30-28(32)25-16-12-9-13-17-25)31(5)26-22(3)19-21(2)20-23(26)4/h8-17,19-20H,6-7,18H2,1-5H3. The van der Waals surface area contributed by atoms with Gasteiger partial charge >= 0.3 is 0 Å². The molecule has 0 amide bonds. The summed E-state index contributed by atoms with van der Waals surface area (Å²) in [5.74, 6) is 2.03. The van der Waals surface area contributed by atoms with E-state index in [-0.39, 0.29) is 0 Å². The van der Waals surface area contributed by atoms with E-state index in [1.807, 2.05) is 0 Å². The minimum Gasteiger partial charge on any atom is -0.327 e. The van der Waals surface area contributed by atoms with E-state index in [1.165, 1.54) is 33.6 Å². The molecule has 4 rings (SSSR count). The Balaban J connectivity index is 1.98. The highest BCUT2D eigenvalue weighted by molar-refractivity contribution is 5.82. The Kier molecular flexibility index (Phi) is 6.45. The molecule has 4 aromatic rings. The molecule has 0 saturated carbocycles. The van der Waals surface area contributed by atoms with E-state index < -0.39 is 0 Å². The van der Waals surface area contributed by atoms with Crippen molar-refractivity contribution in [3.05, 3.63) is 89.5 Å². The van der Waals surface area contributed by atoms with Crippen molar-refractivity contribution in [2.75, 3.05) is 11.9 Å². The molecule has 3 nitrogen and oxygen atoms in total. The zero-order chi connectivity index (χ0) is 22.7. The van der Waals surface area contributed by atoms with Crippen molar-refractivity contribution < 1.29 is 0 Å². The van der Waals surface area contributed by atoms with Crippen LogP contribution in [0.2, 0.25) is 0 Å². The molecule has 0 unspecified atom stereocenters. The van der Waals surface area contributed by atoms with Crippen molar-refractivity contribution in [1.82, 2.24) is 9.55 Å². The van der Waals surface area contributed by atoms with Crippen molar-refractivity contribution >= 4 is 11.5 Å². The summed E-state index contributed by atoms with van der Waals surface area (Å²) in [5, 5.41) is 0. The lowest BCUT2D eigenvalue weighted by molar-refractivity contribution is 0.641. The molecule has 3 heteroatoms. The molecule has 0 aliphatic carbocycles. The SMILES string of the molecule is CCCCn1c(-c2ccccc2)nc(N(C)c2c(C)cc(C)cc2C)c1-c1ccccc1. The van der Waals surface area contributed by atoms with Gasteiger partial charge in [0.15, 0.2) is 5.82 Å². The summed E-state index contributed by atoms with van der Waals surface area (Å²) >= 11 is 0. The van der Waals surface area contributed by atoms with E-state index in [4.69, 9.17) is 4.98 Å². The van der Waals surface area contributed by atoms with Gasteiger partial charge in [-0.1, -0.05) is 91.7 Å². The first-order valence-electron chi connectivity index (χ1n) is 11.5. The number of rotatable bonds is 7. The normalized spacial score (nSPS) is 11.0. The maximum absolute atomic E-state index is 5.28. The van der Waals surface area contributed by atoms with Crippen molar-refractivity contribution in [2.45, 2.75) is 47.1 Å². The molecule has 0 fully saturated rings. The molecule has 0 spiro atoms. The zero-order valence-corrected chi connectivity index (χ0v) is 19.9. The van der Waals surface area contributed by atoms with Crippen LogP contribution >= 0.6 is 0 Å². The maximum atomic E-state index is 5.28. The fourth-order valence-electron chi connectivity index (χ4n) is 4.70. The highest BCUT2D eigenvalue weighted by Gasteiger charge is 2.24. The molecule has 0 bridgehead atoms. The lowest BCUT2D eigenvalue weighted by atomic mass is 10.0. The Morgan fingerprint density at radius 3 is 1.94 bits per heavy atom. The second-order valence-corrected chi connectivity index (χ2v) is 8.65. The highest BCUT2D eigenvalue weighted by atomic mass is 15.2. The molecular weight excluding hydrogens is 390 g/mol. The molecule has 3 aromatic carbocycles. The van der Waals surface area contributed by atoms with Crippen LogP contribution in [0.25, 0.3) is 22.6 Å². The zero-order valence-electron chi connectivity index (χ0n) is 19.9. The van der Waals surface area contributed by atoms with Gasteiger partial charge in [-0.2, -0.15) is 0 Å². The van der Waals surface area contributed by atoms with E-state index in [0.717, 1.165) is 36.6 Å². The molecule has 0 radical (unpaired) electrons. The number of hydrogen-bond acceptors (Lipinski definition) is 2. The van der Waals surface area contributed by atoms with Gasteiger partial charge in [0, 0.05) is 30.4 Å². The van der Waals surface area contributed by atoms with Gasteiger partial charge in [-0.05, 0) is 38.3 Å². The van der Waals surface area contributed by atoms with Crippen molar-refractivity contribution in [1.29, 1.82) is 0 Å². The van der Waals surface area contributed by atoms with Crippen LogP contribution in [-0.4, -0.2) is 16.6 Å². The average molecular weight is 424 g/mol. The van der Waals surface area contributed by atoms with E-state index in [9.17, 15) is 0 Å². The highest BCUT2D eigenvalue weighted by Crippen LogP contribution is 2.40. The average Bonchev–Trinajstić information content (AvgIpc) is 3.17. The predicted molar refractivity (Wildman–Crippen MR) is 137 cm³/mol. The first kappa shape index (κ1) is 21.9. The maximum Gasteiger partial charge on any atom is 0.159 e. The summed E-state index contributed by atoms with van der Waals surface area (Å²) in [4.78, 5) is 7.56. The number of nitrogens with zero attached hydrogens (tertiary/aromatic N) is 3. The van der Waals surface area contributed by atoms with E-state index in [0.29, 0.717) is 0 Å². The van der Waals surface area contributed by atoms with Crippen molar-refractivity contribution in [2.24, 2.45) is 0 Å². The number of anilines is 2. The van der Waals surface area contributed by atoms with Crippen LogP contribution < -0.4 is 4.90 Å². The Morgan fingerprint density at radius 2 is 1.38 bits per heavy atom. The van der Waals surface area contributed by atoms with Gasteiger partial charge in [-0.15, -0.1) is 0 Å². The number of imidazole rings is 1. The Morgan fingerprint density at radius 1 is 0.812 bits per heavy atom.